The molecule has 2 heterocycles. The molecular weight excluding hydrogens is 324 g/mol. The second kappa shape index (κ2) is 4.77. The van der Waals surface area contributed by atoms with Gasteiger partial charge in [-0.3, -0.25) is 4.79 Å². The van der Waals surface area contributed by atoms with Crippen LogP contribution >= 0.6 is 0 Å². The first-order valence-corrected chi connectivity index (χ1v) is 9.08. The molecule has 1 aliphatic carbocycles. The van der Waals surface area contributed by atoms with Gasteiger partial charge in [0.05, 0.1) is 5.60 Å². The molecule has 2 aliphatic rings. The van der Waals surface area contributed by atoms with Gasteiger partial charge in [0.25, 0.3) is 0 Å². The summed E-state index contributed by atoms with van der Waals surface area (Å²) in [5.74, 6) is -0.0407. The number of nitrogens with zero attached hydrogens (tertiary/aromatic N) is 2. The summed E-state index contributed by atoms with van der Waals surface area (Å²) in [6, 6.07) is 16.1. The smallest absolute Gasteiger partial charge is 0.244 e. The van der Waals surface area contributed by atoms with E-state index in [2.05, 4.69) is 23.7 Å². The van der Waals surface area contributed by atoms with Crippen molar-refractivity contribution in [3.8, 4) is 0 Å². The monoisotopic (exact) mass is 346 g/mol. The minimum atomic E-state index is -1.15. The Labute approximate surface area is 152 Å². The molecular formula is C22H22N2O2. The van der Waals surface area contributed by atoms with Crippen molar-refractivity contribution in [3.63, 3.8) is 0 Å². The topological polar surface area (TPSA) is 45.5 Å². The van der Waals surface area contributed by atoms with Crippen LogP contribution in [-0.2, 0) is 23.7 Å². The molecule has 1 spiro atoms. The fourth-order valence-electron chi connectivity index (χ4n) is 5.30. The highest BCUT2D eigenvalue weighted by molar-refractivity contribution is 6.13. The Balaban J connectivity index is 2.01. The summed E-state index contributed by atoms with van der Waals surface area (Å²) in [5, 5.41) is 12.7. The number of hydrogen-bond donors (Lipinski definition) is 1. The van der Waals surface area contributed by atoms with Gasteiger partial charge in [-0.05, 0) is 37.5 Å². The lowest BCUT2D eigenvalue weighted by Crippen LogP contribution is -2.58. The number of hydrogen-bond acceptors (Lipinski definition) is 2. The van der Waals surface area contributed by atoms with Crippen LogP contribution in [0.5, 0.6) is 0 Å². The summed E-state index contributed by atoms with van der Waals surface area (Å²) in [4.78, 5) is 15.4. The van der Waals surface area contributed by atoms with Crippen molar-refractivity contribution in [2.24, 2.45) is 7.05 Å². The molecule has 5 rings (SSSR count). The molecule has 0 bridgehead atoms. The highest BCUT2D eigenvalue weighted by Crippen LogP contribution is 2.57. The van der Waals surface area contributed by atoms with E-state index in [1.165, 1.54) is 0 Å². The summed E-state index contributed by atoms with van der Waals surface area (Å²) in [6.07, 6.45) is 1.31. The van der Waals surface area contributed by atoms with Crippen molar-refractivity contribution in [1.82, 2.24) is 4.57 Å². The zero-order valence-electron chi connectivity index (χ0n) is 15.3. The lowest BCUT2D eigenvalue weighted by atomic mass is 9.59. The van der Waals surface area contributed by atoms with Gasteiger partial charge in [-0.15, -0.1) is 0 Å². The largest absolute Gasteiger partial charge is 0.388 e. The third-order valence-electron chi connectivity index (χ3n) is 6.55. The molecule has 0 saturated carbocycles. The Morgan fingerprint density at radius 2 is 1.73 bits per heavy atom. The molecule has 2 unspecified atom stereocenters. The van der Waals surface area contributed by atoms with E-state index >= 15 is 0 Å². The summed E-state index contributed by atoms with van der Waals surface area (Å²) in [7, 11) is 3.87. The molecule has 0 saturated heterocycles. The van der Waals surface area contributed by atoms with Crippen molar-refractivity contribution < 1.29 is 9.90 Å². The molecule has 4 nitrogen and oxygen atoms in total. The number of fused-ring (bicyclic) bond motifs is 6. The second-order valence-corrected chi connectivity index (χ2v) is 7.80. The van der Waals surface area contributed by atoms with Crippen LogP contribution in [-0.4, -0.2) is 28.2 Å². The zero-order chi connectivity index (χ0) is 18.3. The average Bonchev–Trinajstić information content (AvgIpc) is 3.05. The van der Waals surface area contributed by atoms with E-state index in [-0.39, 0.29) is 5.91 Å². The molecule has 4 heteroatoms. The molecule has 26 heavy (non-hydrogen) atoms. The first-order chi connectivity index (χ1) is 12.4. The molecule has 132 valence electrons. The number of likely N-dealkylation sites (N-methyl/N-ethyl adjacent to an activating group) is 1. The van der Waals surface area contributed by atoms with E-state index < -0.39 is 11.0 Å². The minimum absolute atomic E-state index is 0.0407. The van der Waals surface area contributed by atoms with E-state index in [0.717, 1.165) is 39.8 Å². The quantitative estimate of drug-likeness (QED) is 0.680. The van der Waals surface area contributed by atoms with Gasteiger partial charge in [0.1, 0.15) is 5.41 Å². The number of benzene rings is 2. The summed E-state index contributed by atoms with van der Waals surface area (Å²) >= 11 is 0. The summed E-state index contributed by atoms with van der Waals surface area (Å²) in [6.45, 7) is 1.82. The molecule has 1 aromatic heterocycles. The number of aromatic nitrogens is 1. The Hall–Kier alpha value is -2.59. The van der Waals surface area contributed by atoms with E-state index in [4.69, 9.17) is 0 Å². The molecule has 1 aliphatic heterocycles. The molecule has 2 aromatic carbocycles. The standard InChI is InChI=1S/C22H22N2O2/c1-21(26)13-12-18-19(14-8-4-6-10-16(14)23(18)2)22(21)15-9-5-7-11-17(15)24(3)20(22)25/h4-11,26H,12-13H2,1-3H3. The van der Waals surface area contributed by atoms with Crippen LogP contribution in [0.25, 0.3) is 10.9 Å². The van der Waals surface area contributed by atoms with Crippen LogP contribution in [0.3, 0.4) is 0 Å². The maximum absolute atomic E-state index is 13.7. The number of carbonyl (C=O) groups excluding carboxylic acids is 1. The number of anilines is 1. The summed E-state index contributed by atoms with van der Waals surface area (Å²) in [5.41, 5.74) is 2.82. The normalized spacial score (nSPS) is 27.2. The fraction of sp³-hybridized carbons (Fsp3) is 0.318. The van der Waals surface area contributed by atoms with Gasteiger partial charge in [0.15, 0.2) is 0 Å². The Bertz CT molecular complexity index is 1080. The first kappa shape index (κ1) is 15.6. The average molecular weight is 346 g/mol. The molecule has 3 aromatic rings. The third-order valence-corrected chi connectivity index (χ3v) is 6.55. The SMILES string of the molecule is CN1C(=O)C2(c3ccccc31)c1c(n(C)c3ccccc13)CCC2(C)O. The zero-order valence-corrected chi connectivity index (χ0v) is 15.3. The number of carbonyl (C=O) groups is 1. The highest BCUT2D eigenvalue weighted by Gasteiger charge is 2.64. The second-order valence-electron chi connectivity index (χ2n) is 7.80. The highest BCUT2D eigenvalue weighted by atomic mass is 16.3. The van der Waals surface area contributed by atoms with E-state index in [0.29, 0.717) is 6.42 Å². The van der Waals surface area contributed by atoms with Gasteiger partial charge in [0.2, 0.25) is 5.91 Å². The van der Waals surface area contributed by atoms with Gasteiger partial charge in [-0.2, -0.15) is 0 Å². The lowest BCUT2D eigenvalue weighted by molar-refractivity contribution is -0.131. The van der Waals surface area contributed by atoms with E-state index in [1.54, 1.807) is 4.90 Å². The van der Waals surface area contributed by atoms with E-state index in [9.17, 15) is 9.90 Å². The number of aliphatic hydroxyl groups is 1. The third kappa shape index (κ3) is 1.53. The van der Waals surface area contributed by atoms with Crippen LogP contribution < -0.4 is 4.90 Å². The van der Waals surface area contributed by atoms with E-state index in [1.807, 2.05) is 50.4 Å². The summed E-state index contributed by atoms with van der Waals surface area (Å²) < 4.78 is 2.19. The first-order valence-electron chi connectivity index (χ1n) is 9.08. The van der Waals surface area contributed by atoms with Crippen molar-refractivity contribution in [3.05, 3.63) is 65.4 Å². The van der Waals surface area contributed by atoms with Gasteiger partial charge in [0, 0.05) is 41.9 Å². The molecule has 0 fully saturated rings. The lowest BCUT2D eigenvalue weighted by Gasteiger charge is -2.45. The number of para-hydroxylation sites is 2. The Morgan fingerprint density at radius 3 is 2.54 bits per heavy atom. The van der Waals surface area contributed by atoms with Crippen molar-refractivity contribution >= 4 is 22.5 Å². The number of rotatable bonds is 0. The predicted molar refractivity (Wildman–Crippen MR) is 102 cm³/mol. The fourth-order valence-corrected chi connectivity index (χ4v) is 5.30. The molecule has 2 atom stereocenters. The Morgan fingerprint density at radius 1 is 1.04 bits per heavy atom. The predicted octanol–water partition coefficient (Wildman–Crippen LogP) is 3.14. The van der Waals surface area contributed by atoms with Crippen LogP contribution in [0.2, 0.25) is 0 Å². The number of amides is 1. The number of aryl methyl sites for hydroxylation is 1. The molecule has 1 N–H and O–H groups in total. The van der Waals surface area contributed by atoms with Crippen LogP contribution in [0.4, 0.5) is 5.69 Å². The van der Waals surface area contributed by atoms with Crippen LogP contribution in [0.1, 0.15) is 30.2 Å². The van der Waals surface area contributed by atoms with Crippen LogP contribution in [0, 0.1) is 0 Å². The van der Waals surface area contributed by atoms with Crippen molar-refractivity contribution in [2.45, 2.75) is 30.8 Å². The Kier molecular flexibility index (Phi) is 2.87. The van der Waals surface area contributed by atoms with Crippen LogP contribution in [0.15, 0.2) is 48.5 Å². The van der Waals surface area contributed by atoms with Crippen molar-refractivity contribution in [2.75, 3.05) is 11.9 Å². The van der Waals surface area contributed by atoms with Gasteiger partial charge in [-0.25, -0.2) is 0 Å². The maximum Gasteiger partial charge on any atom is 0.244 e. The van der Waals surface area contributed by atoms with Gasteiger partial charge in [-0.1, -0.05) is 36.4 Å². The maximum atomic E-state index is 13.7. The minimum Gasteiger partial charge on any atom is -0.388 e. The van der Waals surface area contributed by atoms with Gasteiger partial charge >= 0.3 is 0 Å². The van der Waals surface area contributed by atoms with Gasteiger partial charge < -0.3 is 14.6 Å². The van der Waals surface area contributed by atoms with Crippen molar-refractivity contribution in [1.29, 1.82) is 0 Å². The molecule has 1 amide bonds. The molecule has 0 radical (unpaired) electrons.